The Morgan fingerprint density at radius 3 is 2.79 bits per heavy atom. The van der Waals surface area contributed by atoms with E-state index in [1.54, 1.807) is 31.4 Å². The number of fused-ring (bicyclic) bond motifs is 2. The van der Waals surface area contributed by atoms with Crippen LogP contribution in [-0.4, -0.2) is 46.9 Å². The third kappa shape index (κ3) is 3.50. The number of carbonyl (C=O) groups excluding carboxylic acids is 2. The van der Waals surface area contributed by atoms with Crippen LogP contribution >= 0.6 is 11.6 Å². The number of methoxy groups -OCH3 is 1. The van der Waals surface area contributed by atoms with Gasteiger partial charge in [0, 0.05) is 6.54 Å². The average Bonchev–Trinajstić information content (AvgIpc) is 3.22. The number of halogens is 2. The van der Waals surface area contributed by atoms with Gasteiger partial charge < -0.3 is 20.1 Å². The van der Waals surface area contributed by atoms with Gasteiger partial charge in [0.15, 0.2) is 11.4 Å². The third-order valence-corrected chi connectivity index (χ3v) is 6.46. The van der Waals surface area contributed by atoms with E-state index in [1.807, 2.05) is 0 Å². The molecule has 2 aromatic carbocycles. The van der Waals surface area contributed by atoms with Crippen LogP contribution in [0.25, 0.3) is 5.69 Å². The first-order valence-electron chi connectivity index (χ1n) is 10.6. The predicted octanol–water partition coefficient (Wildman–Crippen LogP) is 3.95. The molecular formula is C23H21ClFN5O4. The van der Waals surface area contributed by atoms with Crippen molar-refractivity contribution in [3.63, 3.8) is 0 Å². The SMILES string of the molecule is COc1ccc(-n2ncc(C(=O)N3CCC[C@@]4(C3)OC(=O)Nc3ccc(Cl)c(F)c34)c2N)cc1. The fourth-order valence-electron chi connectivity index (χ4n) is 4.57. The Morgan fingerprint density at radius 2 is 2.06 bits per heavy atom. The van der Waals surface area contributed by atoms with E-state index in [4.69, 9.17) is 26.8 Å². The smallest absolute Gasteiger partial charge is 0.412 e. The highest BCUT2D eigenvalue weighted by atomic mass is 35.5. The van der Waals surface area contributed by atoms with Crippen molar-refractivity contribution < 1.29 is 23.5 Å². The normalized spacial score (nSPS) is 19.4. The minimum absolute atomic E-state index is 0.0450. The maximum absolute atomic E-state index is 15.1. The number of nitrogens with one attached hydrogen (secondary N) is 1. The molecule has 0 saturated carbocycles. The van der Waals surface area contributed by atoms with E-state index < -0.39 is 23.4 Å². The molecular weight excluding hydrogens is 465 g/mol. The molecule has 0 radical (unpaired) electrons. The van der Waals surface area contributed by atoms with Gasteiger partial charge in [-0.15, -0.1) is 0 Å². The number of aromatic nitrogens is 2. The summed E-state index contributed by atoms with van der Waals surface area (Å²) in [7, 11) is 1.57. The second-order valence-corrected chi connectivity index (χ2v) is 8.58. The molecule has 0 bridgehead atoms. The molecule has 3 N–H and O–H groups in total. The molecule has 0 aliphatic carbocycles. The van der Waals surface area contributed by atoms with Gasteiger partial charge in [0.2, 0.25) is 0 Å². The van der Waals surface area contributed by atoms with Crippen molar-refractivity contribution in [3.05, 3.63) is 64.6 Å². The van der Waals surface area contributed by atoms with Gasteiger partial charge >= 0.3 is 6.09 Å². The molecule has 11 heteroatoms. The highest BCUT2D eigenvalue weighted by molar-refractivity contribution is 6.31. The number of benzene rings is 2. The first kappa shape index (κ1) is 22.0. The van der Waals surface area contributed by atoms with E-state index in [0.29, 0.717) is 30.8 Å². The fourth-order valence-corrected chi connectivity index (χ4v) is 4.73. The molecule has 3 heterocycles. The van der Waals surface area contributed by atoms with Gasteiger partial charge in [-0.05, 0) is 49.2 Å². The van der Waals surface area contributed by atoms with Crippen LogP contribution in [0.3, 0.4) is 0 Å². The summed E-state index contributed by atoms with van der Waals surface area (Å²) >= 11 is 6.02. The van der Waals surface area contributed by atoms with Crippen LogP contribution in [0.15, 0.2) is 42.6 Å². The van der Waals surface area contributed by atoms with Gasteiger partial charge in [-0.25, -0.2) is 13.9 Å². The summed E-state index contributed by atoms with van der Waals surface area (Å²) in [6.07, 6.45) is 1.50. The van der Waals surface area contributed by atoms with Crippen LogP contribution in [0.4, 0.5) is 20.7 Å². The van der Waals surface area contributed by atoms with Gasteiger partial charge in [0.05, 0.1) is 41.8 Å². The van der Waals surface area contributed by atoms with Gasteiger partial charge in [-0.2, -0.15) is 5.10 Å². The zero-order valence-corrected chi connectivity index (χ0v) is 18.9. The molecule has 1 saturated heterocycles. The highest BCUT2D eigenvalue weighted by Crippen LogP contribution is 2.45. The molecule has 176 valence electrons. The monoisotopic (exact) mass is 485 g/mol. The number of amides is 2. The van der Waals surface area contributed by atoms with Crippen molar-refractivity contribution in [1.82, 2.24) is 14.7 Å². The number of likely N-dealkylation sites (tertiary alicyclic amines) is 1. The van der Waals surface area contributed by atoms with Crippen molar-refractivity contribution in [2.24, 2.45) is 0 Å². The molecule has 2 aliphatic rings. The van der Waals surface area contributed by atoms with Crippen molar-refractivity contribution in [2.75, 3.05) is 31.2 Å². The van der Waals surface area contributed by atoms with Crippen molar-refractivity contribution in [2.45, 2.75) is 18.4 Å². The largest absolute Gasteiger partial charge is 0.497 e. The summed E-state index contributed by atoms with van der Waals surface area (Å²) in [5.74, 6) is -0.240. The van der Waals surface area contributed by atoms with Crippen LogP contribution in [0.2, 0.25) is 5.02 Å². The minimum atomic E-state index is -1.36. The lowest BCUT2D eigenvalue weighted by atomic mass is 9.83. The maximum Gasteiger partial charge on any atom is 0.412 e. The third-order valence-electron chi connectivity index (χ3n) is 6.17. The second-order valence-electron chi connectivity index (χ2n) is 8.18. The standard InChI is InChI=1S/C23H21ClFN5O4/c1-33-14-5-3-13(4-6-14)30-20(26)15(11-27-30)21(31)29-10-2-9-23(12-29)18-17(28-22(32)34-23)8-7-16(24)19(18)25/h3-8,11H,2,9-10,12,26H2,1H3,(H,28,32)/t23-/m0/s1. The molecule has 1 atom stereocenters. The van der Waals surface area contributed by atoms with E-state index in [1.165, 1.54) is 27.9 Å². The Kier molecular flexibility index (Phi) is 5.32. The zero-order valence-electron chi connectivity index (χ0n) is 18.2. The van der Waals surface area contributed by atoms with Gasteiger partial charge in [0.25, 0.3) is 5.91 Å². The lowest BCUT2D eigenvalue weighted by Gasteiger charge is -2.45. The molecule has 34 heavy (non-hydrogen) atoms. The average molecular weight is 486 g/mol. The van der Waals surface area contributed by atoms with E-state index in [-0.39, 0.29) is 34.2 Å². The molecule has 1 fully saturated rings. The van der Waals surface area contributed by atoms with E-state index in [0.717, 1.165) is 0 Å². The predicted molar refractivity (Wildman–Crippen MR) is 123 cm³/mol. The van der Waals surface area contributed by atoms with Gasteiger partial charge in [-0.3, -0.25) is 10.1 Å². The molecule has 3 aromatic rings. The summed E-state index contributed by atoms with van der Waals surface area (Å²) in [6.45, 7) is 0.340. The number of rotatable bonds is 3. The fraction of sp³-hybridized carbons (Fsp3) is 0.261. The molecule has 1 spiro atoms. The molecule has 5 rings (SSSR count). The number of piperidine rings is 1. The lowest BCUT2D eigenvalue weighted by Crippen LogP contribution is -2.53. The van der Waals surface area contributed by atoms with E-state index in [2.05, 4.69) is 10.4 Å². The first-order chi connectivity index (χ1) is 16.3. The van der Waals surface area contributed by atoms with Gasteiger partial charge in [0.1, 0.15) is 17.1 Å². The summed E-state index contributed by atoms with van der Waals surface area (Å²) in [5.41, 5.74) is 6.18. The number of hydrogen-bond acceptors (Lipinski definition) is 6. The number of nitrogen functional groups attached to an aromatic ring is 1. The molecule has 2 amide bonds. The van der Waals surface area contributed by atoms with Crippen molar-refractivity contribution >= 4 is 35.1 Å². The molecule has 1 aromatic heterocycles. The van der Waals surface area contributed by atoms with Crippen molar-refractivity contribution in [1.29, 1.82) is 0 Å². The molecule has 2 aliphatic heterocycles. The number of nitrogens with zero attached hydrogens (tertiary/aromatic N) is 3. The number of carbonyl (C=O) groups is 2. The topological polar surface area (TPSA) is 112 Å². The Balaban J connectivity index is 1.47. The quantitative estimate of drug-likeness (QED) is 0.581. The van der Waals surface area contributed by atoms with Crippen LogP contribution in [0.5, 0.6) is 5.75 Å². The molecule has 0 unspecified atom stereocenters. The summed E-state index contributed by atoms with van der Waals surface area (Å²) < 4.78 is 27.3. The van der Waals surface area contributed by atoms with E-state index in [9.17, 15) is 9.59 Å². The molecule has 9 nitrogen and oxygen atoms in total. The number of ether oxygens (including phenoxy) is 2. The number of anilines is 2. The summed E-state index contributed by atoms with van der Waals surface area (Å²) in [6, 6.07) is 9.95. The first-order valence-corrected chi connectivity index (χ1v) is 11.0. The Bertz CT molecular complexity index is 1300. The zero-order chi connectivity index (χ0) is 24.0. The van der Waals surface area contributed by atoms with Gasteiger partial charge in [-0.1, -0.05) is 11.6 Å². The Hall–Kier alpha value is -3.79. The minimum Gasteiger partial charge on any atom is -0.497 e. The highest BCUT2D eigenvalue weighted by Gasteiger charge is 2.48. The van der Waals surface area contributed by atoms with Crippen LogP contribution in [0.1, 0.15) is 28.8 Å². The summed E-state index contributed by atoms with van der Waals surface area (Å²) in [4.78, 5) is 27.2. The van der Waals surface area contributed by atoms with Crippen LogP contribution < -0.4 is 15.8 Å². The maximum atomic E-state index is 15.1. The van der Waals surface area contributed by atoms with Crippen LogP contribution in [0, 0.1) is 5.82 Å². The number of nitrogens with two attached hydrogens (primary N) is 1. The van der Waals surface area contributed by atoms with Crippen molar-refractivity contribution in [3.8, 4) is 11.4 Å². The second kappa shape index (κ2) is 8.21. The van der Waals surface area contributed by atoms with Crippen LogP contribution in [-0.2, 0) is 10.3 Å². The summed E-state index contributed by atoms with van der Waals surface area (Å²) in [5, 5.41) is 6.68. The Morgan fingerprint density at radius 1 is 1.29 bits per heavy atom. The van der Waals surface area contributed by atoms with E-state index >= 15 is 4.39 Å². The Labute approximate surface area is 199 Å². The lowest BCUT2D eigenvalue weighted by molar-refractivity contribution is -0.0418. The number of hydrogen-bond donors (Lipinski definition) is 2.